The van der Waals surface area contributed by atoms with E-state index in [0.29, 0.717) is 5.82 Å². The van der Waals surface area contributed by atoms with Crippen LogP contribution in [0.1, 0.15) is 36.7 Å². The molecular formula is C18H20N6. The van der Waals surface area contributed by atoms with Gasteiger partial charge in [-0.05, 0) is 44.4 Å². The Bertz CT molecular complexity index is 800. The third-order valence-electron chi connectivity index (χ3n) is 4.41. The highest BCUT2D eigenvalue weighted by Gasteiger charge is 2.26. The molecular weight excluding hydrogens is 300 g/mol. The quantitative estimate of drug-likeness (QED) is 0.802. The van der Waals surface area contributed by atoms with E-state index in [9.17, 15) is 0 Å². The highest BCUT2D eigenvalue weighted by Crippen LogP contribution is 2.33. The lowest BCUT2D eigenvalue weighted by molar-refractivity contribution is 0.461. The monoisotopic (exact) mass is 320 g/mol. The van der Waals surface area contributed by atoms with Crippen molar-refractivity contribution in [3.63, 3.8) is 0 Å². The Hall–Kier alpha value is -2.76. The summed E-state index contributed by atoms with van der Waals surface area (Å²) in [7, 11) is 0. The van der Waals surface area contributed by atoms with Crippen LogP contribution in [0, 0.1) is 6.92 Å². The minimum atomic E-state index is 0.284. The summed E-state index contributed by atoms with van der Waals surface area (Å²) in [6.45, 7) is 2.99. The molecule has 4 rings (SSSR count). The van der Waals surface area contributed by atoms with Crippen LogP contribution < -0.4 is 4.90 Å². The predicted molar refractivity (Wildman–Crippen MR) is 92.5 cm³/mol. The SMILES string of the molecule is Cc1cc(N2CCCC[C@H]2c2ccn[nH]2)nc(-c2ccccn2)n1. The molecule has 0 radical (unpaired) electrons. The van der Waals surface area contributed by atoms with Crippen LogP contribution in [0.2, 0.25) is 0 Å². The molecule has 0 aliphatic carbocycles. The second-order valence-corrected chi connectivity index (χ2v) is 6.12. The Morgan fingerprint density at radius 2 is 2.08 bits per heavy atom. The number of nitrogens with one attached hydrogen (secondary N) is 1. The smallest absolute Gasteiger partial charge is 0.180 e. The maximum atomic E-state index is 4.81. The van der Waals surface area contributed by atoms with Crippen molar-refractivity contribution in [2.45, 2.75) is 32.2 Å². The number of nitrogens with zero attached hydrogens (tertiary/aromatic N) is 5. The summed E-state index contributed by atoms with van der Waals surface area (Å²) in [5.74, 6) is 1.64. The Labute approximate surface area is 141 Å². The van der Waals surface area contributed by atoms with E-state index < -0.39 is 0 Å². The minimum absolute atomic E-state index is 0.284. The lowest BCUT2D eigenvalue weighted by Crippen LogP contribution is -2.34. The fraction of sp³-hybridized carbons (Fsp3) is 0.333. The molecule has 0 amide bonds. The summed E-state index contributed by atoms with van der Waals surface area (Å²) in [5.41, 5.74) is 2.90. The Balaban J connectivity index is 1.73. The molecule has 0 aromatic carbocycles. The highest BCUT2D eigenvalue weighted by molar-refractivity contribution is 5.54. The third kappa shape index (κ3) is 2.87. The van der Waals surface area contributed by atoms with Crippen LogP contribution in [0.3, 0.4) is 0 Å². The van der Waals surface area contributed by atoms with E-state index in [4.69, 9.17) is 4.98 Å². The second kappa shape index (κ2) is 6.39. The van der Waals surface area contributed by atoms with Gasteiger partial charge < -0.3 is 4.90 Å². The third-order valence-corrected chi connectivity index (χ3v) is 4.41. The molecule has 6 nitrogen and oxygen atoms in total. The number of anilines is 1. The van der Waals surface area contributed by atoms with Gasteiger partial charge in [0.15, 0.2) is 5.82 Å². The molecule has 122 valence electrons. The Morgan fingerprint density at radius 3 is 2.88 bits per heavy atom. The van der Waals surface area contributed by atoms with Crippen molar-refractivity contribution in [3.8, 4) is 11.5 Å². The largest absolute Gasteiger partial charge is 0.348 e. The molecule has 1 aliphatic rings. The Morgan fingerprint density at radius 1 is 1.12 bits per heavy atom. The molecule has 0 spiro atoms. The summed E-state index contributed by atoms with van der Waals surface area (Å²) in [6, 6.07) is 10.2. The van der Waals surface area contributed by atoms with Gasteiger partial charge in [0, 0.05) is 30.7 Å². The summed E-state index contributed by atoms with van der Waals surface area (Å²) in [5, 5.41) is 7.23. The Kier molecular flexibility index (Phi) is 3.94. The maximum Gasteiger partial charge on any atom is 0.180 e. The number of rotatable bonds is 3. The fourth-order valence-electron chi connectivity index (χ4n) is 3.29. The van der Waals surface area contributed by atoms with E-state index in [-0.39, 0.29) is 6.04 Å². The number of aromatic amines is 1. The molecule has 4 heterocycles. The lowest BCUT2D eigenvalue weighted by atomic mass is 9.99. The molecule has 1 atom stereocenters. The maximum absolute atomic E-state index is 4.81. The van der Waals surface area contributed by atoms with Crippen molar-refractivity contribution in [3.05, 3.63) is 54.1 Å². The van der Waals surface area contributed by atoms with Crippen LogP contribution in [-0.2, 0) is 0 Å². The zero-order valence-corrected chi connectivity index (χ0v) is 13.7. The topological polar surface area (TPSA) is 70.6 Å². The molecule has 3 aromatic heterocycles. The van der Waals surface area contributed by atoms with Gasteiger partial charge in [0.05, 0.1) is 11.7 Å². The predicted octanol–water partition coefficient (Wildman–Crippen LogP) is 3.30. The van der Waals surface area contributed by atoms with Gasteiger partial charge >= 0.3 is 0 Å². The lowest BCUT2D eigenvalue weighted by Gasteiger charge is -2.36. The fourth-order valence-corrected chi connectivity index (χ4v) is 3.29. The van der Waals surface area contributed by atoms with E-state index in [2.05, 4.69) is 37.2 Å². The average Bonchev–Trinajstić information content (AvgIpc) is 3.16. The van der Waals surface area contributed by atoms with Gasteiger partial charge in [-0.1, -0.05) is 6.07 Å². The first-order chi connectivity index (χ1) is 11.8. The minimum Gasteiger partial charge on any atom is -0.348 e. The highest BCUT2D eigenvalue weighted by atomic mass is 15.3. The zero-order valence-electron chi connectivity index (χ0n) is 13.7. The van der Waals surface area contributed by atoms with Gasteiger partial charge in [-0.2, -0.15) is 5.10 Å². The van der Waals surface area contributed by atoms with Crippen LogP contribution in [0.15, 0.2) is 42.7 Å². The van der Waals surface area contributed by atoms with Gasteiger partial charge in [-0.3, -0.25) is 10.1 Å². The number of hydrogen-bond donors (Lipinski definition) is 1. The standard InChI is InChI=1S/C18H20N6/c1-13-12-17(22-18(21-13)15-6-2-4-9-19-15)24-11-5-3-7-16(24)14-8-10-20-23-14/h2,4,6,8-10,12,16H,3,5,7,11H2,1H3,(H,20,23)/t16-/m0/s1. The number of aromatic nitrogens is 5. The first kappa shape index (κ1) is 14.8. The van der Waals surface area contributed by atoms with E-state index in [0.717, 1.165) is 35.9 Å². The van der Waals surface area contributed by atoms with Crippen LogP contribution in [0.5, 0.6) is 0 Å². The number of H-pyrrole nitrogens is 1. The van der Waals surface area contributed by atoms with E-state index in [1.54, 1.807) is 6.20 Å². The summed E-state index contributed by atoms with van der Waals surface area (Å²) in [6.07, 6.45) is 7.08. The van der Waals surface area contributed by atoms with Crippen LogP contribution >= 0.6 is 0 Å². The van der Waals surface area contributed by atoms with Crippen molar-refractivity contribution < 1.29 is 0 Å². The molecule has 6 heteroatoms. The number of hydrogen-bond acceptors (Lipinski definition) is 5. The molecule has 24 heavy (non-hydrogen) atoms. The van der Waals surface area contributed by atoms with Gasteiger partial charge in [-0.15, -0.1) is 0 Å². The van der Waals surface area contributed by atoms with Crippen molar-refractivity contribution in [2.24, 2.45) is 0 Å². The molecule has 0 bridgehead atoms. The molecule has 1 N–H and O–H groups in total. The molecule has 0 saturated carbocycles. The van der Waals surface area contributed by atoms with Gasteiger partial charge in [0.1, 0.15) is 11.5 Å². The molecule has 0 unspecified atom stereocenters. The average molecular weight is 320 g/mol. The molecule has 1 fully saturated rings. The van der Waals surface area contributed by atoms with Crippen molar-refractivity contribution >= 4 is 5.82 Å². The van der Waals surface area contributed by atoms with E-state index in [1.807, 2.05) is 31.3 Å². The first-order valence-electron chi connectivity index (χ1n) is 8.34. The number of piperidine rings is 1. The van der Waals surface area contributed by atoms with E-state index in [1.165, 1.54) is 12.8 Å². The molecule has 1 saturated heterocycles. The summed E-state index contributed by atoms with van der Waals surface area (Å²) >= 11 is 0. The number of pyridine rings is 1. The van der Waals surface area contributed by atoms with Crippen LogP contribution in [-0.4, -0.2) is 31.7 Å². The first-order valence-corrected chi connectivity index (χ1v) is 8.34. The van der Waals surface area contributed by atoms with Crippen molar-refractivity contribution in [1.82, 2.24) is 25.1 Å². The summed E-state index contributed by atoms with van der Waals surface area (Å²) < 4.78 is 0. The van der Waals surface area contributed by atoms with Crippen LogP contribution in [0.25, 0.3) is 11.5 Å². The van der Waals surface area contributed by atoms with Gasteiger partial charge in [-0.25, -0.2) is 9.97 Å². The normalized spacial score (nSPS) is 17.9. The van der Waals surface area contributed by atoms with Crippen molar-refractivity contribution in [2.75, 3.05) is 11.4 Å². The van der Waals surface area contributed by atoms with E-state index >= 15 is 0 Å². The second-order valence-electron chi connectivity index (χ2n) is 6.12. The van der Waals surface area contributed by atoms with Gasteiger partial charge in [0.2, 0.25) is 0 Å². The molecule has 3 aromatic rings. The molecule has 1 aliphatic heterocycles. The van der Waals surface area contributed by atoms with Gasteiger partial charge in [0.25, 0.3) is 0 Å². The number of aryl methyl sites for hydroxylation is 1. The van der Waals surface area contributed by atoms with Crippen molar-refractivity contribution in [1.29, 1.82) is 0 Å². The van der Waals surface area contributed by atoms with Crippen LogP contribution in [0.4, 0.5) is 5.82 Å². The zero-order chi connectivity index (χ0) is 16.4. The summed E-state index contributed by atoms with van der Waals surface area (Å²) in [4.78, 5) is 16.1.